The summed E-state index contributed by atoms with van der Waals surface area (Å²) in [6.45, 7) is 13.2. The number of guanidine groups is 1. The highest BCUT2D eigenvalue weighted by molar-refractivity contribution is 7.88. The van der Waals surface area contributed by atoms with Gasteiger partial charge in [-0.05, 0) is 31.6 Å². The molecule has 136 valence electrons. The van der Waals surface area contributed by atoms with Gasteiger partial charge in [0.2, 0.25) is 10.0 Å². The summed E-state index contributed by atoms with van der Waals surface area (Å²) in [5, 5.41) is 3.37. The summed E-state index contributed by atoms with van der Waals surface area (Å²) in [5.41, 5.74) is 0. The third-order valence-corrected chi connectivity index (χ3v) is 5.53. The van der Waals surface area contributed by atoms with Crippen LogP contribution in [-0.2, 0) is 10.0 Å². The molecule has 1 aliphatic rings. The molecule has 2 atom stereocenters. The van der Waals surface area contributed by atoms with E-state index in [2.05, 4.69) is 31.0 Å². The molecule has 1 aliphatic heterocycles. The number of nitrogens with one attached hydrogen (secondary N) is 1. The number of hydrogen-bond donors (Lipinski definition) is 1. The van der Waals surface area contributed by atoms with Gasteiger partial charge in [-0.2, -0.15) is 0 Å². The lowest BCUT2D eigenvalue weighted by Crippen LogP contribution is -2.48. The van der Waals surface area contributed by atoms with Crippen LogP contribution < -0.4 is 5.32 Å². The first-order valence-corrected chi connectivity index (χ1v) is 10.6. The molecular formula is C16H34N4O2S. The minimum atomic E-state index is -3.10. The van der Waals surface area contributed by atoms with Crippen LogP contribution in [0, 0.1) is 11.8 Å². The molecular weight excluding hydrogens is 312 g/mol. The Labute approximate surface area is 142 Å². The zero-order valence-corrected chi connectivity index (χ0v) is 16.2. The Hall–Kier alpha value is -0.820. The molecule has 6 nitrogen and oxygen atoms in total. The Morgan fingerprint density at radius 2 is 1.87 bits per heavy atom. The van der Waals surface area contributed by atoms with Gasteiger partial charge in [0.15, 0.2) is 5.96 Å². The van der Waals surface area contributed by atoms with Crippen LogP contribution in [0.2, 0.25) is 0 Å². The highest BCUT2D eigenvalue weighted by Gasteiger charge is 2.23. The van der Waals surface area contributed by atoms with Crippen molar-refractivity contribution in [2.75, 3.05) is 45.5 Å². The molecule has 1 N–H and O–H groups in total. The number of sulfonamides is 1. The molecule has 0 aromatic carbocycles. The maximum atomic E-state index is 11.6. The number of rotatable bonds is 7. The lowest BCUT2D eigenvalue weighted by Gasteiger charge is -2.37. The van der Waals surface area contributed by atoms with Crippen molar-refractivity contribution in [3.05, 3.63) is 0 Å². The molecule has 0 amide bonds. The Morgan fingerprint density at radius 3 is 2.35 bits per heavy atom. The number of likely N-dealkylation sites (tertiary alicyclic amines) is 1. The lowest BCUT2D eigenvalue weighted by molar-refractivity contribution is 0.208. The normalized spacial score (nSPS) is 23.4. The van der Waals surface area contributed by atoms with Crippen molar-refractivity contribution in [1.82, 2.24) is 14.5 Å². The molecule has 0 radical (unpaired) electrons. The highest BCUT2D eigenvalue weighted by atomic mass is 32.2. The molecule has 1 heterocycles. The van der Waals surface area contributed by atoms with Crippen molar-refractivity contribution in [2.24, 2.45) is 16.8 Å². The zero-order valence-electron chi connectivity index (χ0n) is 15.4. The minimum Gasteiger partial charge on any atom is -0.357 e. The van der Waals surface area contributed by atoms with Crippen LogP contribution in [0.4, 0.5) is 0 Å². The molecule has 0 spiro atoms. The predicted molar refractivity (Wildman–Crippen MR) is 97.2 cm³/mol. The largest absolute Gasteiger partial charge is 0.357 e. The minimum absolute atomic E-state index is 0.518. The van der Waals surface area contributed by atoms with E-state index in [1.165, 1.54) is 17.0 Å². The van der Waals surface area contributed by atoms with Crippen LogP contribution in [0.25, 0.3) is 0 Å². The van der Waals surface area contributed by atoms with E-state index in [1.54, 1.807) is 0 Å². The second kappa shape index (κ2) is 9.47. The molecule has 2 unspecified atom stereocenters. The fourth-order valence-corrected chi connectivity index (χ4v) is 4.18. The molecule has 1 rings (SSSR count). The monoisotopic (exact) mass is 346 g/mol. The molecule has 0 aromatic rings. The van der Waals surface area contributed by atoms with E-state index < -0.39 is 10.0 Å². The van der Waals surface area contributed by atoms with Crippen molar-refractivity contribution in [2.45, 2.75) is 40.5 Å². The average Bonchev–Trinajstić information content (AvgIpc) is 2.43. The fourth-order valence-electron chi connectivity index (χ4n) is 3.25. The Bertz CT molecular complexity index is 468. The maximum absolute atomic E-state index is 11.6. The van der Waals surface area contributed by atoms with Gasteiger partial charge in [0.1, 0.15) is 0 Å². The summed E-state index contributed by atoms with van der Waals surface area (Å²) in [6, 6.07) is 0. The molecule has 0 aliphatic carbocycles. The van der Waals surface area contributed by atoms with E-state index in [-0.39, 0.29) is 0 Å². The Kier molecular flexibility index (Phi) is 8.33. The molecule has 23 heavy (non-hydrogen) atoms. The summed E-state index contributed by atoms with van der Waals surface area (Å²) in [5.74, 6) is 2.33. The van der Waals surface area contributed by atoms with Crippen molar-refractivity contribution >= 4 is 16.0 Å². The lowest BCUT2D eigenvalue weighted by atomic mass is 9.92. The smallest absolute Gasteiger partial charge is 0.211 e. The first-order chi connectivity index (χ1) is 10.8. The summed E-state index contributed by atoms with van der Waals surface area (Å²) in [4.78, 5) is 7.05. The summed E-state index contributed by atoms with van der Waals surface area (Å²) >= 11 is 0. The third kappa shape index (κ3) is 7.08. The van der Waals surface area contributed by atoms with Gasteiger partial charge in [0.05, 0.1) is 6.26 Å². The average molecular weight is 347 g/mol. The second-order valence-electron chi connectivity index (χ2n) is 6.69. The van der Waals surface area contributed by atoms with Crippen LogP contribution >= 0.6 is 0 Å². The molecule has 0 bridgehead atoms. The van der Waals surface area contributed by atoms with Crippen LogP contribution in [0.5, 0.6) is 0 Å². The maximum Gasteiger partial charge on any atom is 0.211 e. The van der Waals surface area contributed by atoms with E-state index in [0.29, 0.717) is 31.5 Å². The van der Waals surface area contributed by atoms with Gasteiger partial charge in [0, 0.05) is 39.3 Å². The topological polar surface area (TPSA) is 65.0 Å². The quantitative estimate of drug-likeness (QED) is 0.432. The SMILES string of the molecule is CCNC(=NCCCN(CC)S(C)(=O)=O)N1CC(C)CC(C)C1. The van der Waals surface area contributed by atoms with Gasteiger partial charge < -0.3 is 10.2 Å². The van der Waals surface area contributed by atoms with Crippen molar-refractivity contribution in [3.8, 4) is 0 Å². The summed E-state index contributed by atoms with van der Waals surface area (Å²) < 4.78 is 24.7. The van der Waals surface area contributed by atoms with Crippen molar-refractivity contribution in [3.63, 3.8) is 0 Å². The molecule has 1 fully saturated rings. The standard InChI is InChI=1S/C16H34N4O2S/c1-6-17-16(19-12-14(3)11-15(4)13-19)18-9-8-10-20(7-2)23(5,21)22/h14-15H,6-13H2,1-5H3,(H,17,18). The Morgan fingerprint density at radius 1 is 1.26 bits per heavy atom. The van der Waals surface area contributed by atoms with Gasteiger partial charge in [-0.15, -0.1) is 0 Å². The summed E-state index contributed by atoms with van der Waals surface area (Å²) in [7, 11) is -3.10. The molecule has 7 heteroatoms. The van der Waals surface area contributed by atoms with Crippen LogP contribution in [0.3, 0.4) is 0 Å². The number of piperidine rings is 1. The predicted octanol–water partition coefficient (Wildman–Crippen LogP) is 1.60. The first kappa shape index (κ1) is 20.2. The van der Waals surface area contributed by atoms with Crippen LogP contribution in [0.15, 0.2) is 4.99 Å². The van der Waals surface area contributed by atoms with Gasteiger partial charge in [-0.3, -0.25) is 4.99 Å². The molecule has 1 saturated heterocycles. The van der Waals surface area contributed by atoms with Gasteiger partial charge >= 0.3 is 0 Å². The zero-order chi connectivity index (χ0) is 17.5. The first-order valence-electron chi connectivity index (χ1n) is 8.76. The highest BCUT2D eigenvalue weighted by Crippen LogP contribution is 2.20. The van der Waals surface area contributed by atoms with Crippen LogP contribution in [0.1, 0.15) is 40.5 Å². The van der Waals surface area contributed by atoms with Gasteiger partial charge in [0.25, 0.3) is 0 Å². The van der Waals surface area contributed by atoms with E-state index >= 15 is 0 Å². The van der Waals surface area contributed by atoms with Crippen molar-refractivity contribution in [1.29, 1.82) is 0 Å². The second-order valence-corrected chi connectivity index (χ2v) is 8.68. The third-order valence-electron chi connectivity index (χ3n) is 4.15. The van der Waals surface area contributed by atoms with E-state index in [1.807, 2.05) is 6.92 Å². The van der Waals surface area contributed by atoms with E-state index in [4.69, 9.17) is 4.99 Å². The van der Waals surface area contributed by atoms with E-state index in [0.717, 1.165) is 32.0 Å². The van der Waals surface area contributed by atoms with Crippen LogP contribution in [-0.4, -0.2) is 69.1 Å². The summed E-state index contributed by atoms with van der Waals surface area (Å²) in [6.07, 6.45) is 3.28. The number of hydrogen-bond acceptors (Lipinski definition) is 3. The number of nitrogens with zero attached hydrogens (tertiary/aromatic N) is 3. The molecule has 0 saturated carbocycles. The Balaban J connectivity index is 2.58. The van der Waals surface area contributed by atoms with Gasteiger partial charge in [-0.25, -0.2) is 12.7 Å². The molecule has 0 aromatic heterocycles. The fraction of sp³-hybridized carbons (Fsp3) is 0.938. The number of aliphatic imine (C=N–C) groups is 1. The van der Waals surface area contributed by atoms with Gasteiger partial charge in [-0.1, -0.05) is 20.8 Å². The van der Waals surface area contributed by atoms with Crippen molar-refractivity contribution < 1.29 is 8.42 Å². The van der Waals surface area contributed by atoms with E-state index in [9.17, 15) is 8.42 Å².